The maximum Gasteiger partial charge on any atom is 0.387 e. The first-order chi connectivity index (χ1) is 13.9. The van der Waals surface area contributed by atoms with Gasteiger partial charge >= 0.3 is 6.61 Å². The van der Waals surface area contributed by atoms with Gasteiger partial charge in [-0.05, 0) is 35.9 Å². The lowest BCUT2D eigenvalue weighted by molar-refractivity contribution is -0.0512. The van der Waals surface area contributed by atoms with Crippen molar-refractivity contribution >= 4 is 17.5 Å². The number of hydrogen-bond donors (Lipinski definition) is 1. The molecule has 2 aromatic carbocycles. The number of aromatic nitrogens is 2. The molecule has 1 amide bonds. The third-order valence-electron chi connectivity index (χ3n) is 4.24. The van der Waals surface area contributed by atoms with Crippen molar-refractivity contribution in [1.29, 1.82) is 0 Å². The largest absolute Gasteiger partial charge is 0.493 e. The monoisotopic (exact) mass is 421 g/mol. The Hall–Kier alpha value is -3.13. The van der Waals surface area contributed by atoms with Gasteiger partial charge in [0.1, 0.15) is 11.9 Å². The second-order valence-corrected chi connectivity index (χ2v) is 6.53. The van der Waals surface area contributed by atoms with Gasteiger partial charge in [0, 0.05) is 30.0 Å². The number of hydrogen-bond acceptors (Lipinski definition) is 4. The summed E-state index contributed by atoms with van der Waals surface area (Å²) in [4.78, 5) is 17.2. The summed E-state index contributed by atoms with van der Waals surface area (Å²) in [5, 5.41) is 3.48. The Kier molecular flexibility index (Phi) is 6.33. The molecule has 0 unspecified atom stereocenters. The first-order valence-electron chi connectivity index (χ1n) is 8.55. The highest BCUT2D eigenvalue weighted by atomic mass is 35.5. The first-order valence-corrected chi connectivity index (χ1v) is 8.93. The fraction of sp³-hybridized carbons (Fsp3) is 0.200. The number of nitrogens with one attached hydrogen (secondary N) is 1. The van der Waals surface area contributed by atoms with Crippen molar-refractivity contribution < 1.29 is 23.0 Å². The van der Waals surface area contributed by atoms with E-state index in [1.165, 1.54) is 25.3 Å². The van der Waals surface area contributed by atoms with Crippen LogP contribution in [0.4, 0.5) is 8.78 Å². The number of methoxy groups -OCH3 is 1. The minimum atomic E-state index is -3.00. The van der Waals surface area contributed by atoms with Gasteiger partial charge in [-0.3, -0.25) is 4.79 Å². The minimum absolute atomic E-state index is 0.0259. The third kappa shape index (κ3) is 4.83. The zero-order chi connectivity index (χ0) is 21.0. The number of carbonyl (C=O) groups is 1. The van der Waals surface area contributed by atoms with E-state index in [1.807, 2.05) is 7.05 Å². The number of amides is 1. The van der Waals surface area contributed by atoms with Crippen LogP contribution in [0.1, 0.15) is 27.8 Å². The summed E-state index contributed by atoms with van der Waals surface area (Å²) in [6.07, 6.45) is 3.40. The Morgan fingerprint density at radius 3 is 2.48 bits per heavy atom. The maximum atomic E-state index is 12.9. The van der Waals surface area contributed by atoms with Crippen LogP contribution in [0.3, 0.4) is 0 Å². The first kappa shape index (κ1) is 20.6. The molecule has 3 rings (SSSR count). The van der Waals surface area contributed by atoms with Crippen LogP contribution in [-0.2, 0) is 7.05 Å². The predicted molar refractivity (Wildman–Crippen MR) is 104 cm³/mol. The van der Waals surface area contributed by atoms with E-state index >= 15 is 0 Å². The lowest BCUT2D eigenvalue weighted by Crippen LogP contribution is -2.31. The second-order valence-electron chi connectivity index (χ2n) is 6.10. The fourth-order valence-electron chi connectivity index (χ4n) is 2.82. The summed E-state index contributed by atoms with van der Waals surface area (Å²) >= 11 is 5.97. The summed E-state index contributed by atoms with van der Waals surface area (Å²) in [6.45, 7) is -3.00. The van der Waals surface area contributed by atoms with E-state index in [4.69, 9.17) is 16.3 Å². The number of imidazole rings is 1. The molecule has 0 saturated carbocycles. The van der Waals surface area contributed by atoms with Crippen LogP contribution in [0.2, 0.25) is 5.02 Å². The summed E-state index contributed by atoms with van der Waals surface area (Å²) in [7, 11) is 3.12. The molecule has 3 aromatic rings. The highest BCUT2D eigenvalue weighted by Crippen LogP contribution is 2.30. The lowest BCUT2D eigenvalue weighted by atomic mass is 10.1. The smallest absolute Gasteiger partial charge is 0.387 e. The van der Waals surface area contributed by atoms with Crippen LogP contribution in [-0.4, -0.2) is 29.2 Å². The molecule has 0 spiro atoms. The van der Waals surface area contributed by atoms with Crippen LogP contribution >= 0.6 is 11.6 Å². The predicted octanol–water partition coefficient (Wildman–Crippen LogP) is 4.20. The zero-order valence-electron chi connectivity index (χ0n) is 15.6. The van der Waals surface area contributed by atoms with Gasteiger partial charge in [0.2, 0.25) is 0 Å². The topological polar surface area (TPSA) is 65.4 Å². The Morgan fingerprint density at radius 1 is 1.17 bits per heavy atom. The molecule has 0 fully saturated rings. The van der Waals surface area contributed by atoms with Crippen molar-refractivity contribution in [2.75, 3.05) is 7.11 Å². The Balaban J connectivity index is 1.91. The average molecular weight is 422 g/mol. The molecule has 0 aliphatic heterocycles. The lowest BCUT2D eigenvalue weighted by Gasteiger charge is -2.20. The fourth-order valence-corrected chi connectivity index (χ4v) is 2.95. The van der Waals surface area contributed by atoms with Crippen molar-refractivity contribution in [2.45, 2.75) is 12.7 Å². The van der Waals surface area contributed by atoms with Crippen molar-refractivity contribution in [2.24, 2.45) is 7.05 Å². The molecule has 1 N–H and O–H groups in total. The summed E-state index contributed by atoms with van der Waals surface area (Å²) < 4.78 is 36.3. The number of benzene rings is 2. The van der Waals surface area contributed by atoms with Crippen molar-refractivity contribution in [3.63, 3.8) is 0 Å². The van der Waals surface area contributed by atoms with E-state index in [-0.39, 0.29) is 17.1 Å². The van der Waals surface area contributed by atoms with Gasteiger partial charge in [-0.2, -0.15) is 8.78 Å². The Labute approximate surface area is 171 Å². The molecular formula is C20H18ClF2N3O3. The minimum Gasteiger partial charge on any atom is -0.493 e. The van der Waals surface area contributed by atoms with Crippen molar-refractivity contribution in [3.05, 3.63) is 76.8 Å². The number of rotatable bonds is 7. The van der Waals surface area contributed by atoms with Crippen LogP contribution in [0.5, 0.6) is 11.5 Å². The third-order valence-corrected chi connectivity index (χ3v) is 4.49. The molecule has 0 bridgehead atoms. The number of carbonyl (C=O) groups excluding carboxylic acids is 1. The van der Waals surface area contributed by atoms with Crippen LogP contribution < -0.4 is 14.8 Å². The van der Waals surface area contributed by atoms with E-state index in [2.05, 4.69) is 15.0 Å². The highest BCUT2D eigenvalue weighted by Gasteiger charge is 2.22. The molecule has 0 aliphatic rings. The second kappa shape index (κ2) is 8.91. The van der Waals surface area contributed by atoms with Gasteiger partial charge in [-0.25, -0.2) is 4.98 Å². The normalized spacial score (nSPS) is 11.9. The molecule has 29 heavy (non-hydrogen) atoms. The molecule has 9 heteroatoms. The van der Waals surface area contributed by atoms with E-state index in [0.29, 0.717) is 10.8 Å². The molecule has 1 aromatic heterocycles. The molecule has 6 nitrogen and oxygen atoms in total. The van der Waals surface area contributed by atoms with Crippen LogP contribution in [0.15, 0.2) is 54.9 Å². The standard InChI is InChI=1S/C20H18ClF2N3O3/c1-26-10-9-24-18(26)17(12-3-6-14(21)7-4-12)25-19(27)13-5-8-15(29-20(22)23)16(11-13)28-2/h3-11,17,20H,1-2H3,(H,25,27)/t17-/m1/s1. The molecular weight excluding hydrogens is 404 g/mol. The van der Waals surface area contributed by atoms with Crippen molar-refractivity contribution in [3.8, 4) is 11.5 Å². The van der Waals surface area contributed by atoms with Crippen LogP contribution in [0, 0.1) is 0 Å². The summed E-state index contributed by atoms with van der Waals surface area (Å²) in [6, 6.07) is 10.5. The SMILES string of the molecule is COc1cc(C(=O)N[C@H](c2ccc(Cl)cc2)c2nccn2C)ccc1OC(F)F. The Morgan fingerprint density at radius 2 is 1.90 bits per heavy atom. The average Bonchev–Trinajstić information content (AvgIpc) is 3.12. The van der Waals surface area contributed by atoms with Gasteiger partial charge in [-0.15, -0.1) is 0 Å². The van der Waals surface area contributed by atoms with Crippen LogP contribution in [0.25, 0.3) is 0 Å². The summed E-state index contributed by atoms with van der Waals surface area (Å²) in [5.41, 5.74) is 0.998. The molecule has 0 saturated heterocycles. The summed E-state index contributed by atoms with van der Waals surface area (Å²) in [5.74, 6) is 0.0514. The van der Waals surface area contributed by atoms with Gasteiger partial charge in [0.25, 0.3) is 5.91 Å². The molecule has 1 heterocycles. The van der Waals surface area contributed by atoms with E-state index in [0.717, 1.165) is 5.56 Å². The molecule has 152 valence electrons. The number of alkyl halides is 2. The van der Waals surface area contributed by atoms with E-state index in [1.54, 1.807) is 41.2 Å². The highest BCUT2D eigenvalue weighted by molar-refractivity contribution is 6.30. The van der Waals surface area contributed by atoms with Gasteiger partial charge in [-0.1, -0.05) is 23.7 Å². The number of halogens is 3. The number of ether oxygens (including phenoxy) is 2. The molecule has 1 atom stereocenters. The van der Waals surface area contributed by atoms with Gasteiger partial charge in [0.15, 0.2) is 11.5 Å². The van der Waals surface area contributed by atoms with Gasteiger partial charge < -0.3 is 19.4 Å². The molecule has 0 aliphatic carbocycles. The quantitative estimate of drug-likeness (QED) is 0.621. The number of aryl methyl sites for hydroxylation is 1. The number of nitrogens with zero attached hydrogens (tertiary/aromatic N) is 2. The Bertz CT molecular complexity index is 993. The maximum absolute atomic E-state index is 12.9. The van der Waals surface area contributed by atoms with E-state index < -0.39 is 18.6 Å². The van der Waals surface area contributed by atoms with Gasteiger partial charge in [0.05, 0.1) is 7.11 Å². The zero-order valence-corrected chi connectivity index (χ0v) is 16.4. The van der Waals surface area contributed by atoms with E-state index in [9.17, 15) is 13.6 Å². The molecule has 0 radical (unpaired) electrons. The van der Waals surface area contributed by atoms with Crippen molar-refractivity contribution in [1.82, 2.24) is 14.9 Å².